The van der Waals surface area contributed by atoms with Crippen LogP contribution in [-0.2, 0) is 20.9 Å². The maximum atomic E-state index is 13.2. The molecule has 0 aromatic heterocycles. The average molecular weight is 516 g/mol. The zero-order chi connectivity index (χ0) is 27.1. The molecule has 3 aromatic carbocycles. The smallest absolute Gasteiger partial charge is 0.295 e. The van der Waals surface area contributed by atoms with Crippen LogP contribution in [-0.4, -0.2) is 48.6 Å². The quantitative estimate of drug-likeness (QED) is 0.159. The summed E-state index contributed by atoms with van der Waals surface area (Å²) in [6.07, 6.45) is 0.559. The zero-order valence-electron chi connectivity index (χ0n) is 22.0. The number of carbonyl (C=O) groups is 2. The van der Waals surface area contributed by atoms with Gasteiger partial charge in [-0.25, -0.2) is 0 Å². The summed E-state index contributed by atoms with van der Waals surface area (Å²) < 4.78 is 16.7. The number of aryl methyl sites for hydroxylation is 1. The molecular formula is C31H33NO6. The fourth-order valence-corrected chi connectivity index (χ4v) is 4.60. The third-order valence-electron chi connectivity index (χ3n) is 6.48. The Morgan fingerprint density at radius 1 is 0.974 bits per heavy atom. The molecule has 1 N–H and O–H groups in total. The van der Waals surface area contributed by atoms with E-state index < -0.39 is 17.7 Å². The van der Waals surface area contributed by atoms with Crippen molar-refractivity contribution in [3.63, 3.8) is 0 Å². The van der Waals surface area contributed by atoms with E-state index in [0.29, 0.717) is 55.4 Å². The highest BCUT2D eigenvalue weighted by atomic mass is 16.5. The number of hydrogen-bond donors (Lipinski definition) is 1. The molecule has 0 radical (unpaired) electrons. The van der Waals surface area contributed by atoms with Gasteiger partial charge in [0.2, 0.25) is 0 Å². The Morgan fingerprint density at radius 3 is 2.37 bits per heavy atom. The van der Waals surface area contributed by atoms with Crippen molar-refractivity contribution in [3.05, 3.63) is 101 Å². The molecule has 7 nitrogen and oxygen atoms in total. The average Bonchev–Trinajstić information content (AvgIpc) is 3.18. The Balaban J connectivity index is 1.68. The normalized spacial score (nSPS) is 16.6. The van der Waals surface area contributed by atoms with Crippen LogP contribution in [0.25, 0.3) is 5.76 Å². The lowest BCUT2D eigenvalue weighted by atomic mass is 9.94. The first kappa shape index (κ1) is 26.9. The number of ketones is 1. The Labute approximate surface area is 223 Å². The number of likely N-dealkylation sites (tertiary alicyclic amines) is 1. The van der Waals surface area contributed by atoms with Gasteiger partial charge in [-0.15, -0.1) is 0 Å². The van der Waals surface area contributed by atoms with Gasteiger partial charge in [0.1, 0.15) is 23.9 Å². The number of hydrogen-bond acceptors (Lipinski definition) is 6. The van der Waals surface area contributed by atoms with E-state index >= 15 is 0 Å². The van der Waals surface area contributed by atoms with Gasteiger partial charge in [-0.05, 0) is 67.3 Å². The van der Waals surface area contributed by atoms with E-state index in [-0.39, 0.29) is 11.3 Å². The second-order valence-electron chi connectivity index (χ2n) is 9.10. The van der Waals surface area contributed by atoms with Crippen LogP contribution < -0.4 is 9.47 Å². The van der Waals surface area contributed by atoms with E-state index in [9.17, 15) is 14.7 Å². The summed E-state index contributed by atoms with van der Waals surface area (Å²) in [6, 6.07) is 21.6. The molecule has 1 aliphatic rings. The van der Waals surface area contributed by atoms with E-state index in [4.69, 9.17) is 14.2 Å². The maximum absolute atomic E-state index is 13.2. The summed E-state index contributed by atoms with van der Waals surface area (Å²) in [7, 11) is 1.59. The molecule has 0 spiro atoms. The predicted molar refractivity (Wildman–Crippen MR) is 145 cm³/mol. The van der Waals surface area contributed by atoms with Crippen molar-refractivity contribution in [3.8, 4) is 11.5 Å². The number of aliphatic hydroxyl groups excluding tert-OH is 1. The molecule has 7 heteroatoms. The van der Waals surface area contributed by atoms with Crippen molar-refractivity contribution in [1.29, 1.82) is 0 Å². The SMILES string of the molecule is CCOc1ccc(C2/C(=C(/O)c3ccc(OCc4ccccc4)c(C)c3)C(=O)C(=O)N2CCCOC)cc1. The number of ether oxygens (including phenoxy) is 3. The Kier molecular flexibility index (Phi) is 8.81. The third kappa shape index (κ3) is 5.89. The number of Topliss-reactive ketones (excluding diaryl/α,β-unsaturated/α-hetero) is 1. The zero-order valence-corrected chi connectivity index (χ0v) is 22.0. The summed E-state index contributed by atoms with van der Waals surface area (Å²) in [5, 5.41) is 11.4. The summed E-state index contributed by atoms with van der Waals surface area (Å²) in [4.78, 5) is 27.8. The third-order valence-corrected chi connectivity index (χ3v) is 6.48. The van der Waals surface area contributed by atoms with Crippen molar-refractivity contribution in [2.45, 2.75) is 32.9 Å². The van der Waals surface area contributed by atoms with Gasteiger partial charge in [0.15, 0.2) is 0 Å². The van der Waals surface area contributed by atoms with Gasteiger partial charge in [0, 0.05) is 25.8 Å². The van der Waals surface area contributed by atoms with Gasteiger partial charge in [-0.1, -0.05) is 42.5 Å². The fraction of sp³-hybridized carbons (Fsp3) is 0.290. The first-order valence-corrected chi connectivity index (χ1v) is 12.7. The summed E-state index contributed by atoms with van der Waals surface area (Å²) in [5.41, 5.74) is 3.07. The van der Waals surface area contributed by atoms with Crippen LogP contribution in [0.2, 0.25) is 0 Å². The summed E-state index contributed by atoms with van der Waals surface area (Å²) in [5.74, 6) is -0.195. The molecule has 1 atom stereocenters. The second kappa shape index (κ2) is 12.4. The van der Waals surface area contributed by atoms with Gasteiger partial charge >= 0.3 is 0 Å². The molecule has 38 heavy (non-hydrogen) atoms. The highest BCUT2D eigenvalue weighted by Crippen LogP contribution is 2.40. The molecule has 198 valence electrons. The van der Waals surface area contributed by atoms with E-state index in [1.165, 1.54) is 4.90 Å². The highest BCUT2D eigenvalue weighted by molar-refractivity contribution is 6.46. The molecule has 0 saturated carbocycles. The molecule has 1 amide bonds. The largest absolute Gasteiger partial charge is 0.507 e. The molecule has 0 aliphatic carbocycles. The molecule has 1 unspecified atom stereocenters. The molecular weight excluding hydrogens is 482 g/mol. The number of nitrogens with zero attached hydrogens (tertiary/aromatic N) is 1. The number of methoxy groups -OCH3 is 1. The van der Waals surface area contributed by atoms with E-state index in [2.05, 4.69) is 0 Å². The van der Waals surface area contributed by atoms with Crippen LogP contribution in [0.1, 0.15) is 41.6 Å². The number of benzene rings is 3. The number of amides is 1. The van der Waals surface area contributed by atoms with Crippen molar-refractivity contribution < 1.29 is 28.9 Å². The van der Waals surface area contributed by atoms with Crippen molar-refractivity contribution >= 4 is 17.4 Å². The molecule has 1 saturated heterocycles. The lowest BCUT2D eigenvalue weighted by Crippen LogP contribution is -2.31. The Bertz CT molecular complexity index is 1300. The Hall–Kier alpha value is -4.10. The van der Waals surface area contributed by atoms with Gasteiger partial charge in [0.25, 0.3) is 11.7 Å². The standard InChI is InChI=1S/C31H33NO6/c1-4-37-25-14-11-23(12-15-25)28-27(30(34)31(35)32(28)17-8-18-36-3)29(33)24-13-16-26(21(2)19-24)38-20-22-9-6-5-7-10-22/h5-7,9-16,19,28,33H,4,8,17-18,20H2,1-3H3/b29-27-. The highest BCUT2D eigenvalue weighted by Gasteiger charge is 2.45. The van der Waals surface area contributed by atoms with Crippen LogP contribution >= 0.6 is 0 Å². The molecule has 1 aliphatic heterocycles. The monoisotopic (exact) mass is 515 g/mol. The first-order valence-electron chi connectivity index (χ1n) is 12.7. The van der Waals surface area contributed by atoms with Crippen molar-refractivity contribution in [2.75, 3.05) is 26.9 Å². The van der Waals surface area contributed by atoms with E-state index in [0.717, 1.165) is 11.1 Å². The molecule has 1 fully saturated rings. The van der Waals surface area contributed by atoms with Gasteiger partial charge in [0.05, 0.1) is 18.2 Å². The minimum Gasteiger partial charge on any atom is -0.507 e. The summed E-state index contributed by atoms with van der Waals surface area (Å²) >= 11 is 0. The maximum Gasteiger partial charge on any atom is 0.295 e. The topological polar surface area (TPSA) is 85.3 Å². The molecule has 4 rings (SSSR count). The molecule has 1 heterocycles. The number of carbonyl (C=O) groups excluding carboxylic acids is 2. The minimum atomic E-state index is -0.725. The minimum absolute atomic E-state index is 0.0638. The van der Waals surface area contributed by atoms with Crippen LogP contribution in [0.3, 0.4) is 0 Å². The van der Waals surface area contributed by atoms with Crippen molar-refractivity contribution in [1.82, 2.24) is 4.90 Å². The van der Waals surface area contributed by atoms with Crippen LogP contribution in [0.4, 0.5) is 0 Å². The fourth-order valence-electron chi connectivity index (χ4n) is 4.60. The Morgan fingerprint density at radius 2 is 1.71 bits per heavy atom. The lowest BCUT2D eigenvalue weighted by Gasteiger charge is -2.25. The van der Waals surface area contributed by atoms with Crippen LogP contribution in [0, 0.1) is 6.92 Å². The van der Waals surface area contributed by atoms with Crippen LogP contribution in [0.5, 0.6) is 11.5 Å². The lowest BCUT2D eigenvalue weighted by molar-refractivity contribution is -0.140. The second-order valence-corrected chi connectivity index (χ2v) is 9.10. The van der Waals surface area contributed by atoms with Crippen LogP contribution in [0.15, 0.2) is 78.4 Å². The molecule has 0 bridgehead atoms. The number of rotatable bonds is 11. The molecule has 3 aromatic rings. The summed E-state index contributed by atoms with van der Waals surface area (Å²) in [6.45, 7) is 5.49. The van der Waals surface area contributed by atoms with E-state index in [1.807, 2.05) is 56.3 Å². The van der Waals surface area contributed by atoms with Gasteiger partial charge in [-0.2, -0.15) is 0 Å². The van der Waals surface area contributed by atoms with E-state index in [1.54, 1.807) is 37.4 Å². The van der Waals surface area contributed by atoms with Gasteiger partial charge in [-0.3, -0.25) is 9.59 Å². The first-order chi connectivity index (χ1) is 18.4. The van der Waals surface area contributed by atoms with Crippen molar-refractivity contribution in [2.24, 2.45) is 0 Å². The van der Waals surface area contributed by atoms with Gasteiger partial charge < -0.3 is 24.2 Å². The number of aliphatic hydroxyl groups is 1. The predicted octanol–water partition coefficient (Wildman–Crippen LogP) is 5.43.